The molecular weight excluding hydrogens is 397 g/mol. The van der Waals surface area contributed by atoms with Gasteiger partial charge in [-0.15, -0.1) is 0 Å². The van der Waals surface area contributed by atoms with Gasteiger partial charge < -0.3 is 9.80 Å². The van der Waals surface area contributed by atoms with Crippen LogP contribution < -0.4 is 4.72 Å². The predicted octanol–water partition coefficient (Wildman–Crippen LogP) is 1.72. The second-order valence-corrected chi connectivity index (χ2v) is 8.68. The molecule has 0 bridgehead atoms. The van der Waals surface area contributed by atoms with Crippen molar-refractivity contribution in [3.05, 3.63) is 65.5 Å². The molecule has 0 spiro atoms. The first-order valence-corrected chi connectivity index (χ1v) is 11.0. The molecule has 1 heterocycles. The van der Waals surface area contributed by atoms with Crippen molar-refractivity contribution in [1.29, 1.82) is 0 Å². The van der Waals surface area contributed by atoms with E-state index in [-0.39, 0.29) is 24.1 Å². The molecule has 29 heavy (non-hydrogen) atoms. The highest BCUT2D eigenvalue weighted by atomic mass is 32.2. The van der Waals surface area contributed by atoms with Crippen molar-refractivity contribution >= 4 is 27.5 Å². The number of anilines is 1. The number of amides is 2. The second kappa shape index (κ2) is 8.60. The Morgan fingerprint density at radius 3 is 2.03 bits per heavy atom. The maximum atomic E-state index is 13.0. The SMILES string of the molecule is CS(=O)(=O)Nc1ccc(C(=O)N2CCN(C(=O)Cc3ccc(F)cc3)CC2)cc1. The summed E-state index contributed by atoms with van der Waals surface area (Å²) in [6.07, 6.45) is 1.26. The summed E-state index contributed by atoms with van der Waals surface area (Å²) in [4.78, 5) is 28.4. The fourth-order valence-electron chi connectivity index (χ4n) is 3.13. The molecule has 0 radical (unpaired) electrons. The summed E-state index contributed by atoms with van der Waals surface area (Å²) in [7, 11) is -3.37. The Morgan fingerprint density at radius 1 is 0.931 bits per heavy atom. The molecule has 0 aromatic heterocycles. The number of halogens is 1. The number of hydrogen-bond donors (Lipinski definition) is 1. The quantitative estimate of drug-likeness (QED) is 0.800. The zero-order valence-corrected chi connectivity index (χ0v) is 16.8. The van der Waals surface area contributed by atoms with Gasteiger partial charge in [0.25, 0.3) is 5.91 Å². The van der Waals surface area contributed by atoms with Crippen LogP contribution in [0.5, 0.6) is 0 Å². The standard InChI is InChI=1S/C20H22FN3O4S/c1-29(27,28)22-18-8-4-16(5-9-18)20(26)24-12-10-23(11-13-24)19(25)14-15-2-6-17(21)7-3-15/h2-9,22H,10-14H2,1H3. The molecule has 154 valence electrons. The Hall–Kier alpha value is -2.94. The lowest BCUT2D eigenvalue weighted by Gasteiger charge is -2.35. The first-order chi connectivity index (χ1) is 13.7. The van der Waals surface area contributed by atoms with Crippen LogP contribution in [0.4, 0.5) is 10.1 Å². The van der Waals surface area contributed by atoms with Crippen molar-refractivity contribution < 1.29 is 22.4 Å². The van der Waals surface area contributed by atoms with E-state index in [0.29, 0.717) is 37.4 Å². The van der Waals surface area contributed by atoms with E-state index >= 15 is 0 Å². The molecular formula is C20H22FN3O4S. The molecule has 2 aromatic rings. The number of nitrogens with one attached hydrogen (secondary N) is 1. The monoisotopic (exact) mass is 419 g/mol. The van der Waals surface area contributed by atoms with Gasteiger partial charge in [0.15, 0.2) is 0 Å². The van der Waals surface area contributed by atoms with E-state index in [4.69, 9.17) is 0 Å². The van der Waals surface area contributed by atoms with E-state index < -0.39 is 10.0 Å². The summed E-state index contributed by atoms with van der Waals surface area (Å²) in [5, 5.41) is 0. The second-order valence-electron chi connectivity index (χ2n) is 6.93. The molecule has 3 rings (SSSR count). The fourth-order valence-corrected chi connectivity index (χ4v) is 3.69. The minimum Gasteiger partial charge on any atom is -0.339 e. The van der Waals surface area contributed by atoms with Crippen molar-refractivity contribution in [2.24, 2.45) is 0 Å². The lowest BCUT2D eigenvalue weighted by molar-refractivity contribution is -0.131. The zero-order chi connectivity index (χ0) is 21.0. The van der Waals surface area contributed by atoms with Crippen LogP contribution in [0.1, 0.15) is 15.9 Å². The third-order valence-electron chi connectivity index (χ3n) is 4.62. The average molecular weight is 419 g/mol. The van der Waals surface area contributed by atoms with E-state index in [1.54, 1.807) is 34.1 Å². The van der Waals surface area contributed by atoms with Gasteiger partial charge in [-0.25, -0.2) is 12.8 Å². The molecule has 1 N–H and O–H groups in total. The highest BCUT2D eigenvalue weighted by Crippen LogP contribution is 2.15. The van der Waals surface area contributed by atoms with Crippen molar-refractivity contribution in [3.63, 3.8) is 0 Å². The smallest absolute Gasteiger partial charge is 0.253 e. The Morgan fingerprint density at radius 2 is 1.48 bits per heavy atom. The van der Waals surface area contributed by atoms with Gasteiger partial charge in [0.1, 0.15) is 5.82 Å². The van der Waals surface area contributed by atoms with Gasteiger partial charge >= 0.3 is 0 Å². The Kier molecular flexibility index (Phi) is 6.17. The number of carbonyl (C=O) groups is 2. The first-order valence-electron chi connectivity index (χ1n) is 9.10. The molecule has 1 fully saturated rings. The van der Waals surface area contributed by atoms with Crippen molar-refractivity contribution in [1.82, 2.24) is 9.80 Å². The van der Waals surface area contributed by atoms with Gasteiger partial charge in [-0.2, -0.15) is 0 Å². The van der Waals surface area contributed by atoms with E-state index in [2.05, 4.69) is 4.72 Å². The van der Waals surface area contributed by atoms with Crippen LogP contribution in [0.15, 0.2) is 48.5 Å². The average Bonchev–Trinajstić information content (AvgIpc) is 2.69. The largest absolute Gasteiger partial charge is 0.339 e. The van der Waals surface area contributed by atoms with Gasteiger partial charge in [0.2, 0.25) is 15.9 Å². The van der Waals surface area contributed by atoms with E-state index in [1.807, 2.05) is 0 Å². The van der Waals surface area contributed by atoms with Gasteiger partial charge in [-0.3, -0.25) is 14.3 Å². The molecule has 1 aliphatic heterocycles. The van der Waals surface area contributed by atoms with Crippen molar-refractivity contribution in [3.8, 4) is 0 Å². The van der Waals surface area contributed by atoms with Crippen LogP contribution in [-0.4, -0.2) is 62.5 Å². The van der Waals surface area contributed by atoms with Crippen LogP contribution in [-0.2, 0) is 21.2 Å². The molecule has 2 aromatic carbocycles. The normalized spacial score (nSPS) is 14.6. The maximum Gasteiger partial charge on any atom is 0.253 e. The zero-order valence-electron chi connectivity index (χ0n) is 16.0. The number of piperazine rings is 1. The fraction of sp³-hybridized carbons (Fsp3) is 0.300. The van der Waals surface area contributed by atoms with Gasteiger partial charge in [0, 0.05) is 37.4 Å². The lowest BCUT2D eigenvalue weighted by atomic mass is 10.1. The summed E-state index contributed by atoms with van der Waals surface area (Å²) < 4.78 is 37.8. The number of sulfonamides is 1. The number of rotatable bonds is 5. The van der Waals surface area contributed by atoms with Gasteiger partial charge in [-0.05, 0) is 42.0 Å². The van der Waals surface area contributed by atoms with E-state index in [0.717, 1.165) is 11.8 Å². The van der Waals surface area contributed by atoms with Crippen LogP contribution in [0.25, 0.3) is 0 Å². The maximum absolute atomic E-state index is 13.0. The summed E-state index contributed by atoms with van der Waals surface area (Å²) in [6.45, 7) is 1.69. The topological polar surface area (TPSA) is 86.8 Å². The molecule has 1 aliphatic rings. The molecule has 0 saturated carbocycles. The number of benzene rings is 2. The minimum absolute atomic E-state index is 0.0556. The Labute approximate surface area is 169 Å². The van der Waals surface area contributed by atoms with Gasteiger partial charge in [0.05, 0.1) is 12.7 Å². The first kappa shape index (κ1) is 20.8. The molecule has 0 unspecified atom stereocenters. The van der Waals surface area contributed by atoms with Crippen LogP contribution in [0.2, 0.25) is 0 Å². The van der Waals surface area contributed by atoms with Crippen molar-refractivity contribution in [2.75, 3.05) is 37.2 Å². The molecule has 7 nitrogen and oxygen atoms in total. The molecule has 0 atom stereocenters. The Balaban J connectivity index is 1.53. The van der Waals surface area contributed by atoms with E-state index in [1.165, 1.54) is 24.3 Å². The summed E-state index contributed by atoms with van der Waals surface area (Å²) in [5.41, 5.74) is 1.59. The lowest BCUT2D eigenvalue weighted by Crippen LogP contribution is -2.51. The number of carbonyl (C=O) groups excluding carboxylic acids is 2. The third-order valence-corrected chi connectivity index (χ3v) is 5.23. The summed E-state index contributed by atoms with van der Waals surface area (Å²) in [5.74, 6) is -0.560. The van der Waals surface area contributed by atoms with Gasteiger partial charge in [-0.1, -0.05) is 12.1 Å². The van der Waals surface area contributed by atoms with Crippen LogP contribution in [0.3, 0.4) is 0 Å². The van der Waals surface area contributed by atoms with Crippen LogP contribution in [0, 0.1) is 5.82 Å². The predicted molar refractivity (Wildman–Crippen MR) is 107 cm³/mol. The summed E-state index contributed by atoms with van der Waals surface area (Å²) in [6, 6.07) is 12.1. The highest BCUT2D eigenvalue weighted by molar-refractivity contribution is 7.92. The highest BCUT2D eigenvalue weighted by Gasteiger charge is 2.25. The van der Waals surface area contributed by atoms with Crippen molar-refractivity contribution in [2.45, 2.75) is 6.42 Å². The number of nitrogens with zero attached hydrogens (tertiary/aromatic N) is 2. The minimum atomic E-state index is -3.37. The third kappa shape index (κ3) is 5.77. The Bertz CT molecular complexity index is 983. The molecule has 0 aliphatic carbocycles. The van der Waals surface area contributed by atoms with E-state index in [9.17, 15) is 22.4 Å². The molecule has 1 saturated heterocycles. The molecule has 2 amide bonds. The summed E-state index contributed by atoms with van der Waals surface area (Å²) >= 11 is 0. The van der Waals surface area contributed by atoms with Crippen LogP contribution >= 0.6 is 0 Å². The number of hydrogen-bond acceptors (Lipinski definition) is 4. The molecule has 9 heteroatoms.